The second-order valence-electron chi connectivity index (χ2n) is 2.88. The lowest BCUT2D eigenvalue weighted by Crippen LogP contribution is -2.19. The van der Waals surface area contributed by atoms with E-state index in [-0.39, 0.29) is 5.56 Å². The number of rotatable bonds is 0. The van der Waals surface area contributed by atoms with Gasteiger partial charge in [0.15, 0.2) is 5.82 Å². The molecule has 0 bridgehead atoms. The van der Waals surface area contributed by atoms with Crippen molar-refractivity contribution >= 4 is 17.5 Å². The van der Waals surface area contributed by atoms with E-state index in [2.05, 4.69) is 10.1 Å². The van der Waals surface area contributed by atoms with Gasteiger partial charge in [0.2, 0.25) is 0 Å². The number of aliphatic imine (C=N–C) groups is 1. The van der Waals surface area contributed by atoms with Gasteiger partial charge in [-0.2, -0.15) is 5.10 Å². The Labute approximate surface area is 72.9 Å². The van der Waals surface area contributed by atoms with Crippen molar-refractivity contribution in [3.05, 3.63) is 28.8 Å². The van der Waals surface area contributed by atoms with Crippen molar-refractivity contribution in [3.8, 4) is 0 Å². The van der Waals surface area contributed by atoms with Crippen molar-refractivity contribution in [2.45, 2.75) is 6.54 Å². The molecule has 13 heavy (non-hydrogen) atoms. The van der Waals surface area contributed by atoms with Crippen molar-refractivity contribution in [3.63, 3.8) is 0 Å². The average molecular weight is 174 g/mol. The van der Waals surface area contributed by atoms with Crippen molar-refractivity contribution in [1.82, 2.24) is 14.2 Å². The molecular formula is C8H6N4O. The van der Waals surface area contributed by atoms with E-state index in [4.69, 9.17) is 0 Å². The second-order valence-corrected chi connectivity index (χ2v) is 2.88. The average Bonchev–Trinajstić information content (AvgIpc) is 2.71. The Morgan fingerprint density at radius 2 is 2.38 bits per heavy atom. The van der Waals surface area contributed by atoms with Crippen LogP contribution in [0.4, 0.5) is 5.82 Å². The highest BCUT2D eigenvalue weighted by Gasteiger charge is 2.11. The topological polar surface area (TPSA) is 51.7 Å². The van der Waals surface area contributed by atoms with Crippen molar-refractivity contribution in [2.75, 3.05) is 0 Å². The number of hydrogen-bond acceptors (Lipinski definition) is 3. The van der Waals surface area contributed by atoms with Crippen LogP contribution in [0, 0.1) is 0 Å². The predicted octanol–water partition coefficient (Wildman–Crippen LogP) is 0.212. The number of nitrogens with zero attached hydrogens (tertiary/aromatic N) is 4. The van der Waals surface area contributed by atoms with Gasteiger partial charge in [-0.15, -0.1) is 0 Å². The zero-order chi connectivity index (χ0) is 8.84. The Bertz CT molecular complexity index is 563. The summed E-state index contributed by atoms with van der Waals surface area (Å²) in [6.45, 7) is 0.565. The molecule has 1 aliphatic heterocycles. The van der Waals surface area contributed by atoms with Gasteiger partial charge >= 0.3 is 0 Å². The third-order valence-corrected chi connectivity index (χ3v) is 2.14. The smallest absolute Gasteiger partial charge is 0.278 e. The van der Waals surface area contributed by atoms with Crippen LogP contribution in [0.15, 0.2) is 28.2 Å². The third kappa shape index (κ3) is 0.729. The fourth-order valence-corrected chi connectivity index (χ4v) is 1.50. The fraction of sp³-hybridized carbons (Fsp3) is 0.125. The molecule has 1 aliphatic rings. The second kappa shape index (κ2) is 2.07. The summed E-state index contributed by atoms with van der Waals surface area (Å²) in [4.78, 5) is 15.8. The molecule has 3 heterocycles. The molecule has 0 fully saturated rings. The molecular weight excluding hydrogens is 168 g/mol. The molecule has 3 rings (SSSR count). The number of aromatic nitrogens is 3. The number of hydrogen-bond donors (Lipinski definition) is 0. The summed E-state index contributed by atoms with van der Waals surface area (Å²) in [5.41, 5.74) is 0.557. The predicted molar refractivity (Wildman–Crippen MR) is 47.6 cm³/mol. The maximum absolute atomic E-state index is 11.7. The van der Waals surface area contributed by atoms with Crippen LogP contribution in [0.2, 0.25) is 0 Å². The van der Waals surface area contributed by atoms with E-state index in [9.17, 15) is 4.79 Å². The Morgan fingerprint density at radius 3 is 3.31 bits per heavy atom. The molecule has 0 radical (unpaired) electrons. The van der Waals surface area contributed by atoms with Gasteiger partial charge in [0.25, 0.3) is 5.56 Å². The molecule has 0 atom stereocenters. The van der Waals surface area contributed by atoms with Crippen LogP contribution in [-0.4, -0.2) is 20.4 Å². The Balaban J connectivity index is 2.57. The highest BCUT2D eigenvalue weighted by atomic mass is 16.1. The summed E-state index contributed by atoms with van der Waals surface area (Å²) in [6, 6.07) is 1.70. The normalized spacial score (nSPS) is 13.8. The van der Waals surface area contributed by atoms with Crippen LogP contribution in [0.3, 0.4) is 0 Å². The molecule has 2 aromatic heterocycles. The minimum atomic E-state index is -0.0347. The standard InChI is InChI=1S/C8H6N4O/c13-8-6-1-2-10-12(6)5-7-9-3-4-11(7)8/h1-3,5H,4H2. The molecule has 0 N–H and O–H groups in total. The maximum atomic E-state index is 11.7. The van der Waals surface area contributed by atoms with Gasteiger partial charge in [-0.25, -0.2) is 9.51 Å². The van der Waals surface area contributed by atoms with Crippen LogP contribution >= 0.6 is 0 Å². The van der Waals surface area contributed by atoms with Crippen LogP contribution in [0.1, 0.15) is 0 Å². The molecule has 0 saturated carbocycles. The first-order valence-corrected chi connectivity index (χ1v) is 3.96. The van der Waals surface area contributed by atoms with Crippen LogP contribution < -0.4 is 5.56 Å². The maximum Gasteiger partial charge on any atom is 0.278 e. The SMILES string of the molecule is O=c1c2ccnn2cc2n1CC=N2. The summed E-state index contributed by atoms with van der Waals surface area (Å²) in [5, 5.41) is 3.99. The van der Waals surface area contributed by atoms with E-state index in [0.717, 1.165) is 0 Å². The molecule has 2 aromatic rings. The van der Waals surface area contributed by atoms with Gasteiger partial charge in [-0.3, -0.25) is 9.36 Å². The highest BCUT2D eigenvalue weighted by molar-refractivity contribution is 5.67. The van der Waals surface area contributed by atoms with E-state index in [1.165, 1.54) is 0 Å². The van der Waals surface area contributed by atoms with E-state index >= 15 is 0 Å². The van der Waals surface area contributed by atoms with Crippen molar-refractivity contribution in [2.24, 2.45) is 4.99 Å². The van der Waals surface area contributed by atoms with E-state index in [1.54, 1.807) is 33.8 Å². The first-order chi connectivity index (χ1) is 6.36. The Kier molecular flexibility index (Phi) is 1.05. The lowest BCUT2D eigenvalue weighted by molar-refractivity contribution is 0.817. The van der Waals surface area contributed by atoms with E-state index in [0.29, 0.717) is 17.9 Å². The largest absolute Gasteiger partial charge is 0.285 e. The molecule has 0 spiro atoms. The first kappa shape index (κ1) is 6.59. The minimum absolute atomic E-state index is 0.0347. The van der Waals surface area contributed by atoms with Crippen LogP contribution in [0.25, 0.3) is 5.52 Å². The molecule has 5 heteroatoms. The molecule has 5 nitrogen and oxygen atoms in total. The van der Waals surface area contributed by atoms with E-state index < -0.39 is 0 Å². The fourth-order valence-electron chi connectivity index (χ4n) is 1.50. The summed E-state index contributed by atoms with van der Waals surface area (Å²) in [5.74, 6) is 0.668. The Hall–Kier alpha value is -1.91. The molecule has 0 unspecified atom stereocenters. The first-order valence-electron chi connectivity index (χ1n) is 3.96. The van der Waals surface area contributed by atoms with Crippen LogP contribution in [-0.2, 0) is 6.54 Å². The van der Waals surface area contributed by atoms with Gasteiger partial charge in [0.1, 0.15) is 5.52 Å². The lowest BCUT2D eigenvalue weighted by atomic mass is 10.5. The van der Waals surface area contributed by atoms with Crippen LogP contribution in [0.5, 0.6) is 0 Å². The van der Waals surface area contributed by atoms with Crippen molar-refractivity contribution in [1.29, 1.82) is 0 Å². The van der Waals surface area contributed by atoms with E-state index in [1.807, 2.05) is 0 Å². The van der Waals surface area contributed by atoms with Crippen molar-refractivity contribution < 1.29 is 0 Å². The molecule has 0 saturated heterocycles. The summed E-state index contributed by atoms with van der Waals surface area (Å²) in [7, 11) is 0. The van der Waals surface area contributed by atoms with Gasteiger partial charge in [-0.05, 0) is 6.07 Å². The minimum Gasteiger partial charge on any atom is -0.285 e. The van der Waals surface area contributed by atoms with Gasteiger partial charge in [-0.1, -0.05) is 0 Å². The summed E-state index contributed by atoms with van der Waals surface area (Å²) >= 11 is 0. The zero-order valence-corrected chi connectivity index (χ0v) is 6.71. The third-order valence-electron chi connectivity index (χ3n) is 2.14. The quantitative estimate of drug-likeness (QED) is 0.573. The monoisotopic (exact) mass is 174 g/mol. The zero-order valence-electron chi connectivity index (χ0n) is 6.71. The lowest BCUT2D eigenvalue weighted by Gasteiger charge is -2.00. The summed E-state index contributed by atoms with van der Waals surface area (Å²) in [6.07, 6.45) is 5.08. The molecule has 0 aliphatic carbocycles. The molecule has 0 amide bonds. The summed E-state index contributed by atoms with van der Waals surface area (Å²) < 4.78 is 3.17. The van der Waals surface area contributed by atoms with Gasteiger partial charge in [0, 0.05) is 6.21 Å². The number of fused-ring (bicyclic) bond motifs is 2. The molecule has 64 valence electrons. The van der Waals surface area contributed by atoms with Gasteiger partial charge in [0.05, 0.1) is 18.9 Å². The Morgan fingerprint density at radius 1 is 1.46 bits per heavy atom. The molecule has 0 aromatic carbocycles. The van der Waals surface area contributed by atoms with Gasteiger partial charge < -0.3 is 0 Å². The highest BCUT2D eigenvalue weighted by Crippen LogP contribution is 2.13.